The number of rotatable bonds is 11. The van der Waals surface area contributed by atoms with E-state index in [1.807, 2.05) is 0 Å². The molecule has 2 aromatic carbocycles. The van der Waals surface area contributed by atoms with Crippen LogP contribution in [0.3, 0.4) is 0 Å². The van der Waals surface area contributed by atoms with E-state index >= 15 is 0 Å². The lowest BCUT2D eigenvalue weighted by Gasteiger charge is -2.30. The number of para-hydroxylation sites is 1. The summed E-state index contributed by atoms with van der Waals surface area (Å²) < 4.78 is 22.5. The maximum atomic E-state index is 12.7. The van der Waals surface area contributed by atoms with Gasteiger partial charge in [-0.2, -0.15) is 5.10 Å². The maximum absolute atomic E-state index is 12.7. The first-order valence-electron chi connectivity index (χ1n) is 11.7. The number of methoxy groups -OCH3 is 1. The highest BCUT2D eigenvalue weighted by Crippen LogP contribution is 2.34. The van der Waals surface area contributed by atoms with Gasteiger partial charge in [0.2, 0.25) is 0 Å². The van der Waals surface area contributed by atoms with Crippen molar-refractivity contribution in [3.8, 4) is 29.6 Å². The van der Waals surface area contributed by atoms with Crippen LogP contribution in [0.2, 0.25) is 0 Å². The topological polar surface area (TPSA) is 120 Å². The lowest BCUT2D eigenvalue weighted by atomic mass is 9.95. The molecule has 0 saturated heterocycles. The Hall–Kier alpha value is -4.08. The third kappa shape index (κ3) is 7.72. The maximum Gasteiger partial charge on any atom is 0.338 e. The zero-order valence-corrected chi connectivity index (χ0v) is 23.9. The van der Waals surface area contributed by atoms with Crippen LogP contribution in [-0.2, 0) is 14.3 Å². The van der Waals surface area contributed by atoms with E-state index in [-0.39, 0.29) is 19.8 Å². The summed E-state index contributed by atoms with van der Waals surface area (Å²) in [5.41, 5.74) is 4.61. The molecule has 0 unspecified atom stereocenters. The van der Waals surface area contributed by atoms with Crippen LogP contribution < -0.4 is 30.3 Å². The molecule has 39 heavy (non-hydrogen) atoms. The number of hydrazone groups is 1. The van der Waals surface area contributed by atoms with Crippen molar-refractivity contribution in [2.24, 2.45) is 5.10 Å². The van der Waals surface area contributed by atoms with Gasteiger partial charge in [-0.25, -0.2) is 10.2 Å². The molecule has 12 heteroatoms. The summed E-state index contributed by atoms with van der Waals surface area (Å²) in [5.74, 6) is 2.73. The van der Waals surface area contributed by atoms with Crippen molar-refractivity contribution in [3.63, 3.8) is 0 Å². The Bertz CT molecular complexity index is 1350. The molecule has 1 aliphatic heterocycles. The van der Waals surface area contributed by atoms with E-state index in [0.717, 1.165) is 0 Å². The molecule has 1 atom stereocenters. The van der Waals surface area contributed by atoms with Gasteiger partial charge < -0.3 is 29.6 Å². The molecular weight excluding hydrogens is 588 g/mol. The van der Waals surface area contributed by atoms with Crippen molar-refractivity contribution < 1.29 is 28.5 Å². The molecule has 0 aromatic heterocycles. The molecule has 0 bridgehead atoms. The van der Waals surface area contributed by atoms with Crippen LogP contribution in [0.1, 0.15) is 31.0 Å². The molecule has 1 aliphatic rings. The van der Waals surface area contributed by atoms with Crippen molar-refractivity contribution >= 4 is 51.4 Å². The minimum atomic E-state index is -0.630. The van der Waals surface area contributed by atoms with Crippen LogP contribution in [-0.4, -0.2) is 50.1 Å². The van der Waals surface area contributed by atoms with Gasteiger partial charge in [-0.3, -0.25) is 4.79 Å². The lowest BCUT2D eigenvalue weighted by Crippen LogP contribution is -2.45. The molecule has 10 nitrogen and oxygen atoms in total. The number of allylic oxidation sites excluding steroid dienone is 1. The van der Waals surface area contributed by atoms with Crippen molar-refractivity contribution in [3.05, 3.63) is 63.3 Å². The third-order valence-electron chi connectivity index (χ3n) is 5.34. The van der Waals surface area contributed by atoms with Gasteiger partial charge in [0.15, 0.2) is 23.2 Å². The predicted octanol–water partition coefficient (Wildman–Crippen LogP) is 3.35. The van der Waals surface area contributed by atoms with Crippen LogP contribution in [0.5, 0.6) is 17.2 Å². The number of nitrogens with one attached hydrogen (secondary N) is 3. The van der Waals surface area contributed by atoms with E-state index in [9.17, 15) is 9.59 Å². The number of hydrogen-bond acceptors (Lipinski definition) is 8. The first-order valence-corrected chi connectivity index (χ1v) is 12.9. The number of amides is 1. The fraction of sp³-hybridized carbons (Fsp3) is 0.259. The summed E-state index contributed by atoms with van der Waals surface area (Å²) in [6.45, 7) is 3.46. The summed E-state index contributed by atoms with van der Waals surface area (Å²) in [4.78, 5) is 25.2. The summed E-state index contributed by atoms with van der Waals surface area (Å²) in [6, 6.07) is 9.79. The Balaban J connectivity index is 1.70. The average Bonchev–Trinajstić information content (AvgIpc) is 2.91. The Morgan fingerprint density at radius 1 is 1.23 bits per heavy atom. The molecule has 0 saturated carbocycles. The molecule has 0 fully saturated rings. The zero-order valence-electron chi connectivity index (χ0n) is 21.5. The first-order chi connectivity index (χ1) is 18.8. The van der Waals surface area contributed by atoms with Crippen LogP contribution in [0.25, 0.3) is 0 Å². The number of nitrogens with zero attached hydrogens (tertiary/aromatic N) is 1. The summed E-state index contributed by atoms with van der Waals surface area (Å²) >= 11 is 8.73. The summed E-state index contributed by atoms with van der Waals surface area (Å²) in [5, 5.41) is 10.4. The molecule has 3 N–H and O–H groups in total. The predicted molar refractivity (Wildman–Crippen MR) is 154 cm³/mol. The van der Waals surface area contributed by atoms with Gasteiger partial charge in [-0.15, -0.1) is 6.42 Å². The summed E-state index contributed by atoms with van der Waals surface area (Å²) in [7, 11) is 1.50. The Morgan fingerprint density at radius 2 is 2.00 bits per heavy atom. The minimum absolute atomic E-state index is 0.0931. The normalized spacial score (nSPS) is 14.6. The molecule has 204 valence electrons. The Labute approximate surface area is 240 Å². The number of terminal acetylenes is 1. The molecule has 3 rings (SSSR count). The molecular formula is C27H27BrN4O6S. The number of carbonyl (C=O) groups excluding carboxylic acids is 2. The summed E-state index contributed by atoms with van der Waals surface area (Å²) in [6.07, 6.45) is 6.69. The van der Waals surface area contributed by atoms with Crippen molar-refractivity contribution in [1.29, 1.82) is 0 Å². The SMILES string of the molecule is C#CCOc1cc(Br)c(C=NNC(=O)COc2ccccc2[C@@H]2NC(=S)NC(C)=C2C(=O)OCC)cc1OC. The second kappa shape index (κ2) is 14.2. The van der Waals surface area contributed by atoms with Gasteiger partial charge >= 0.3 is 5.97 Å². The molecule has 0 aliphatic carbocycles. The average molecular weight is 616 g/mol. The number of benzene rings is 2. The van der Waals surface area contributed by atoms with E-state index in [1.54, 1.807) is 50.2 Å². The van der Waals surface area contributed by atoms with Gasteiger partial charge in [0.05, 0.1) is 31.5 Å². The first kappa shape index (κ1) is 29.5. The monoisotopic (exact) mass is 614 g/mol. The molecule has 0 radical (unpaired) electrons. The van der Waals surface area contributed by atoms with Crippen molar-refractivity contribution in [2.75, 3.05) is 26.9 Å². The van der Waals surface area contributed by atoms with Crippen molar-refractivity contribution in [2.45, 2.75) is 19.9 Å². The number of hydrogen-bond donors (Lipinski definition) is 3. The van der Waals surface area contributed by atoms with Gasteiger partial charge in [-0.1, -0.05) is 24.1 Å². The number of ether oxygens (including phenoxy) is 4. The van der Waals surface area contributed by atoms with Crippen LogP contribution in [0.4, 0.5) is 0 Å². The van der Waals surface area contributed by atoms with Gasteiger partial charge in [0.1, 0.15) is 12.4 Å². The van der Waals surface area contributed by atoms with Gasteiger partial charge in [0, 0.05) is 21.3 Å². The lowest BCUT2D eigenvalue weighted by molar-refractivity contribution is -0.139. The number of halogens is 1. The Kier molecular flexibility index (Phi) is 10.7. The Morgan fingerprint density at radius 3 is 2.72 bits per heavy atom. The van der Waals surface area contributed by atoms with Crippen LogP contribution in [0, 0.1) is 12.3 Å². The molecule has 1 heterocycles. The van der Waals surface area contributed by atoms with E-state index < -0.39 is 17.9 Å². The highest BCUT2D eigenvalue weighted by Gasteiger charge is 2.32. The zero-order chi connectivity index (χ0) is 28.4. The standard InChI is InChI=1S/C27H27BrN4O6S/c1-5-11-37-22-13-19(28)17(12-21(22)35-4)14-29-32-23(33)15-38-20-10-8-7-9-18(20)25-24(26(34)36-6-2)16(3)30-27(39)31-25/h1,7-10,12-14,25H,6,11,15H2,2-4H3,(H,32,33)(H2,30,31,39)/t25-/m0/s1. The van der Waals surface area contributed by atoms with E-state index in [1.165, 1.54) is 13.3 Å². The molecule has 0 spiro atoms. The van der Waals surface area contributed by atoms with Crippen LogP contribution >= 0.6 is 28.1 Å². The van der Waals surface area contributed by atoms with E-state index in [4.69, 9.17) is 37.6 Å². The number of thiocarbonyl (C=S) groups is 1. The molecule has 1 amide bonds. The fourth-order valence-corrected chi connectivity index (χ4v) is 4.34. The fourth-order valence-electron chi connectivity index (χ4n) is 3.65. The smallest absolute Gasteiger partial charge is 0.338 e. The highest BCUT2D eigenvalue weighted by molar-refractivity contribution is 9.10. The second-order valence-electron chi connectivity index (χ2n) is 7.93. The second-order valence-corrected chi connectivity index (χ2v) is 9.19. The van der Waals surface area contributed by atoms with E-state index in [0.29, 0.717) is 49.2 Å². The van der Waals surface area contributed by atoms with Gasteiger partial charge in [-0.05, 0) is 60.2 Å². The molecule has 2 aromatic rings. The third-order valence-corrected chi connectivity index (χ3v) is 6.25. The van der Waals surface area contributed by atoms with Crippen molar-refractivity contribution in [1.82, 2.24) is 16.1 Å². The minimum Gasteiger partial charge on any atom is -0.493 e. The van der Waals surface area contributed by atoms with Gasteiger partial charge in [0.25, 0.3) is 5.91 Å². The van der Waals surface area contributed by atoms with E-state index in [2.05, 4.69) is 43.0 Å². The quantitative estimate of drug-likeness (QED) is 0.115. The van der Waals surface area contributed by atoms with Crippen LogP contribution in [0.15, 0.2) is 57.2 Å². The number of carbonyl (C=O) groups is 2. The largest absolute Gasteiger partial charge is 0.493 e. The highest BCUT2D eigenvalue weighted by atomic mass is 79.9. The number of esters is 1.